The summed E-state index contributed by atoms with van der Waals surface area (Å²) in [6.45, 7) is 6.57. The van der Waals surface area contributed by atoms with Crippen LogP contribution in [0.25, 0.3) is 0 Å². The van der Waals surface area contributed by atoms with Gasteiger partial charge in [0.2, 0.25) is 0 Å². The molecule has 0 aromatic heterocycles. The Morgan fingerprint density at radius 1 is 1.22 bits per heavy atom. The number of nitrogens with zero attached hydrogens (tertiary/aromatic N) is 1. The molecule has 2 saturated heterocycles. The van der Waals surface area contributed by atoms with Gasteiger partial charge in [0.1, 0.15) is 0 Å². The fraction of sp³-hybridized carbons (Fsp3) is 0.704. The second-order valence-corrected chi connectivity index (χ2v) is 9.97. The summed E-state index contributed by atoms with van der Waals surface area (Å²) in [5, 5.41) is 9.21. The number of aryl methyl sites for hydroxylation is 1. The molecule has 0 bridgehead atoms. The normalized spacial score (nSPS) is 20.4. The standard InChI is InChI=1S/C27H44N4O5/c1-20-6-4-7-22(16-20)25(36-15-11-29-27(33)34-3)23-8-5-12-31(19-23)26(32)30-24(18-28-2)17-21-9-13-35-14-10-21/h4,6-7,16,21,23-25,28H,5,8-15,17-19H2,1-3H3,(H,29,33)(H,30,32)/t23-,24+,25+/m1/s1. The average Bonchev–Trinajstić information content (AvgIpc) is 2.89. The van der Waals surface area contributed by atoms with E-state index in [-0.39, 0.29) is 24.1 Å². The Labute approximate surface area is 215 Å². The molecule has 3 N–H and O–H groups in total. The van der Waals surface area contributed by atoms with Gasteiger partial charge in [-0.1, -0.05) is 29.8 Å². The van der Waals surface area contributed by atoms with E-state index in [9.17, 15) is 9.59 Å². The zero-order valence-corrected chi connectivity index (χ0v) is 22.1. The number of benzene rings is 1. The number of ether oxygens (including phenoxy) is 3. The number of carbonyl (C=O) groups is 2. The maximum absolute atomic E-state index is 13.3. The van der Waals surface area contributed by atoms with Crippen LogP contribution in [0.5, 0.6) is 0 Å². The zero-order valence-electron chi connectivity index (χ0n) is 22.1. The lowest BCUT2D eigenvalue weighted by atomic mass is 9.88. The van der Waals surface area contributed by atoms with Crippen LogP contribution in [0.15, 0.2) is 24.3 Å². The zero-order chi connectivity index (χ0) is 25.8. The molecule has 0 spiro atoms. The van der Waals surface area contributed by atoms with Crippen molar-refractivity contribution in [1.29, 1.82) is 0 Å². The van der Waals surface area contributed by atoms with Crippen LogP contribution in [0.2, 0.25) is 0 Å². The van der Waals surface area contributed by atoms with E-state index in [1.54, 1.807) is 0 Å². The Morgan fingerprint density at radius 3 is 2.75 bits per heavy atom. The Morgan fingerprint density at radius 2 is 2.03 bits per heavy atom. The molecular weight excluding hydrogens is 460 g/mol. The van der Waals surface area contributed by atoms with Gasteiger partial charge in [0.15, 0.2) is 0 Å². The van der Waals surface area contributed by atoms with Gasteiger partial charge in [-0.2, -0.15) is 0 Å². The summed E-state index contributed by atoms with van der Waals surface area (Å²) in [6, 6.07) is 8.44. The maximum Gasteiger partial charge on any atom is 0.406 e. The molecule has 2 aliphatic rings. The van der Waals surface area contributed by atoms with E-state index in [0.717, 1.165) is 64.0 Å². The first-order valence-corrected chi connectivity index (χ1v) is 13.3. The molecule has 2 aliphatic heterocycles. The molecule has 3 amide bonds. The third-order valence-electron chi connectivity index (χ3n) is 7.13. The predicted molar refractivity (Wildman–Crippen MR) is 139 cm³/mol. The SMILES string of the molecule is CNC[C@H](CC1CCOCC1)NC(=O)N1CCC[C@@H]([C@@H](OCCNC(=O)OC)c2cccc(C)c2)C1. The van der Waals surface area contributed by atoms with Crippen molar-refractivity contribution in [2.75, 3.05) is 60.2 Å². The molecule has 202 valence electrons. The lowest BCUT2D eigenvalue weighted by Gasteiger charge is -2.38. The van der Waals surface area contributed by atoms with Gasteiger partial charge in [-0.15, -0.1) is 0 Å². The van der Waals surface area contributed by atoms with Gasteiger partial charge in [-0.3, -0.25) is 0 Å². The first-order valence-electron chi connectivity index (χ1n) is 13.3. The van der Waals surface area contributed by atoms with E-state index in [0.29, 0.717) is 25.6 Å². The van der Waals surface area contributed by atoms with E-state index in [2.05, 4.69) is 45.8 Å². The van der Waals surface area contributed by atoms with Gasteiger partial charge in [0.05, 0.1) is 19.8 Å². The van der Waals surface area contributed by atoms with Crippen LogP contribution in [0.4, 0.5) is 9.59 Å². The number of nitrogens with one attached hydrogen (secondary N) is 3. The molecule has 9 nitrogen and oxygen atoms in total. The van der Waals surface area contributed by atoms with Crippen molar-refractivity contribution in [1.82, 2.24) is 20.9 Å². The Balaban J connectivity index is 1.62. The molecule has 0 radical (unpaired) electrons. The van der Waals surface area contributed by atoms with Crippen molar-refractivity contribution < 1.29 is 23.8 Å². The molecule has 1 aromatic rings. The van der Waals surface area contributed by atoms with Gasteiger partial charge in [0.25, 0.3) is 0 Å². The Kier molecular flexibility index (Phi) is 11.8. The highest BCUT2D eigenvalue weighted by Gasteiger charge is 2.32. The highest BCUT2D eigenvalue weighted by molar-refractivity contribution is 5.74. The van der Waals surface area contributed by atoms with Crippen LogP contribution < -0.4 is 16.0 Å². The molecule has 36 heavy (non-hydrogen) atoms. The Bertz CT molecular complexity index is 817. The lowest BCUT2D eigenvalue weighted by Crippen LogP contribution is -2.52. The lowest BCUT2D eigenvalue weighted by molar-refractivity contribution is -0.00872. The van der Waals surface area contributed by atoms with Crippen LogP contribution in [-0.2, 0) is 14.2 Å². The van der Waals surface area contributed by atoms with Crippen LogP contribution in [0, 0.1) is 18.8 Å². The average molecular weight is 505 g/mol. The third kappa shape index (κ3) is 8.94. The number of carbonyl (C=O) groups excluding carboxylic acids is 2. The van der Waals surface area contributed by atoms with E-state index in [1.807, 2.05) is 18.0 Å². The number of piperidine rings is 1. The molecular formula is C27H44N4O5. The van der Waals surface area contributed by atoms with Gasteiger partial charge in [-0.05, 0) is 57.6 Å². The van der Waals surface area contributed by atoms with E-state index >= 15 is 0 Å². The van der Waals surface area contributed by atoms with Crippen molar-refractivity contribution in [2.45, 2.75) is 51.2 Å². The molecule has 9 heteroatoms. The number of likely N-dealkylation sites (N-methyl/N-ethyl adjacent to an activating group) is 1. The van der Waals surface area contributed by atoms with Crippen molar-refractivity contribution >= 4 is 12.1 Å². The topological polar surface area (TPSA) is 101 Å². The van der Waals surface area contributed by atoms with E-state index < -0.39 is 6.09 Å². The Hall–Kier alpha value is -2.36. The number of methoxy groups -OCH3 is 1. The fourth-order valence-electron chi connectivity index (χ4n) is 5.29. The molecule has 1 aromatic carbocycles. The number of alkyl carbamates (subject to hydrolysis) is 1. The summed E-state index contributed by atoms with van der Waals surface area (Å²) < 4.78 is 16.5. The number of hydrogen-bond donors (Lipinski definition) is 3. The van der Waals surface area contributed by atoms with Gasteiger partial charge in [0, 0.05) is 51.4 Å². The second kappa shape index (κ2) is 15.0. The molecule has 3 rings (SSSR count). The highest BCUT2D eigenvalue weighted by atomic mass is 16.5. The van der Waals surface area contributed by atoms with Crippen LogP contribution in [0.1, 0.15) is 49.3 Å². The van der Waals surface area contributed by atoms with Crippen LogP contribution >= 0.6 is 0 Å². The summed E-state index contributed by atoms with van der Waals surface area (Å²) in [5.74, 6) is 0.756. The molecule has 0 saturated carbocycles. The first-order chi connectivity index (χ1) is 17.5. The van der Waals surface area contributed by atoms with Crippen LogP contribution in [-0.4, -0.2) is 83.2 Å². The quantitative estimate of drug-likeness (QED) is 0.400. The monoisotopic (exact) mass is 504 g/mol. The number of hydrogen-bond acceptors (Lipinski definition) is 6. The number of urea groups is 1. The summed E-state index contributed by atoms with van der Waals surface area (Å²) in [7, 11) is 3.27. The molecule has 3 atom stereocenters. The summed E-state index contributed by atoms with van der Waals surface area (Å²) >= 11 is 0. The minimum absolute atomic E-state index is 0.00218. The summed E-state index contributed by atoms with van der Waals surface area (Å²) in [5.41, 5.74) is 2.27. The minimum Gasteiger partial charge on any atom is -0.453 e. The van der Waals surface area contributed by atoms with Crippen molar-refractivity contribution in [3.63, 3.8) is 0 Å². The van der Waals surface area contributed by atoms with E-state index in [1.165, 1.54) is 12.7 Å². The fourth-order valence-corrected chi connectivity index (χ4v) is 5.29. The van der Waals surface area contributed by atoms with Gasteiger partial charge < -0.3 is 35.1 Å². The summed E-state index contributed by atoms with van der Waals surface area (Å²) in [6.07, 6.45) is 4.37. The number of rotatable bonds is 11. The van der Waals surface area contributed by atoms with Gasteiger partial charge >= 0.3 is 12.1 Å². The smallest absolute Gasteiger partial charge is 0.406 e. The first kappa shape index (κ1) is 28.2. The van der Waals surface area contributed by atoms with Gasteiger partial charge in [-0.25, -0.2) is 9.59 Å². The largest absolute Gasteiger partial charge is 0.453 e. The molecule has 2 fully saturated rings. The van der Waals surface area contributed by atoms with E-state index in [4.69, 9.17) is 9.47 Å². The van der Waals surface area contributed by atoms with Crippen LogP contribution in [0.3, 0.4) is 0 Å². The highest BCUT2D eigenvalue weighted by Crippen LogP contribution is 2.33. The number of likely N-dealkylation sites (tertiary alicyclic amines) is 1. The molecule has 2 heterocycles. The van der Waals surface area contributed by atoms with Crippen molar-refractivity contribution in [3.8, 4) is 0 Å². The summed E-state index contributed by atoms with van der Waals surface area (Å²) in [4.78, 5) is 26.7. The van der Waals surface area contributed by atoms with Crippen molar-refractivity contribution in [3.05, 3.63) is 35.4 Å². The minimum atomic E-state index is -0.469. The molecule has 0 aliphatic carbocycles. The van der Waals surface area contributed by atoms with Crippen molar-refractivity contribution in [2.24, 2.45) is 11.8 Å². The maximum atomic E-state index is 13.3. The predicted octanol–water partition coefficient (Wildman–Crippen LogP) is 3.24. The third-order valence-corrected chi connectivity index (χ3v) is 7.13. The second-order valence-electron chi connectivity index (χ2n) is 9.97. The number of amides is 3. The molecule has 0 unspecified atom stereocenters.